The highest BCUT2D eigenvalue weighted by Crippen LogP contribution is 2.49. The van der Waals surface area contributed by atoms with Crippen LogP contribution >= 0.6 is 0 Å². The molecule has 2 aromatic rings. The lowest BCUT2D eigenvalue weighted by molar-refractivity contribution is -0.117. The molecule has 0 radical (unpaired) electrons. The van der Waals surface area contributed by atoms with Crippen molar-refractivity contribution >= 4 is 12.0 Å². The minimum absolute atomic E-state index is 0.141. The number of hydrogen-bond donors (Lipinski definition) is 2. The minimum atomic E-state index is -0.702. The highest BCUT2D eigenvalue weighted by Gasteiger charge is 2.46. The summed E-state index contributed by atoms with van der Waals surface area (Å²) in [6, 6.07) is 14.5. The summed E-state index contributed by atoms with van der Waals surface area (Å²) in [5.74, 6) is -0.940. The fourth-order valence-corrected chi connectivity index (χ4v) is 2.78. The van der Waals surface area contributed by atoms with Gasteiger partial charge in [0.05, 0.1) is 6.54 Å². The first kappa shape index (κ1) is 17.0. The first-order valence-corrected chi connectivity index (χ1v) is 8.05. The van der Waals surface area contributed by atoms with Gasteiger partial charge in [0.1, 0.15) is 12.4 Å². The lowest BCUT2D eigenvalue weighted by Gasteiger charge is -2.17. The smallest absolute Gasteiger partial charge is 0.407 e. The monoisotopic (exact) mass is 342 g/mol. The molecule has 130 valence electrons. The molecule has 3 N–H and O–H groups in total. The number of nitrogens with two attached hydrogens (primary N) is 1. The number of benzene rings is 2. The van der Waals surface area contributed by atoms with Crippen molar-refractivity contribution < 1.29 is 18.7 Å². The van der Waals surface area contributed by atoms with Gasteiger partial charge in [-0.25, -0.2) is 9.18 Å². The van der Waals surface area contributed by atoms with Crippen LogP contribution in [-0.2, 0) is 14.9 Å². The topological polar surface area (TPSA) is 81.4 Å². The van der Waals surface area contributed by atoms with E-state index in [2.05, 4.69) is 5.32 Å². The van der Waals surface area contributed by atoms with Gasteiger partial charge in [-0.1, -0.05) is 42.5 Å². The molecule has 0 saturated heterocycles. The van der Waals surface area contributed by atoms with E-state index in [1.165, 1.54) is 6.07 Å². The number of ether oxygens (including phenoxy) is 1. The Balaban J connectivity index is 1.68. The molecule has 25 heavy (non-hydrogen) atoms. The molecule has 0 aliphatic heterocycles. The summed E-state index contributed by atoms with van der Waals surface area (Å²) in [5.41, 5.74) is 6.78. The third-order valence-electron chi connectivity index (χ3n) is 4.41. The van der Waals surface area contributed by atoms with Crippen molar-refractivity contribution in [1.82, 2.24) is 5.32 Å². The van der Waals surface area contributed by atoms with E-state index >= 15 is 0 Å². The average molecular weight is 342 g/mol. The standard InChI is InChI=1S/C19H19FN2O3/c20-16-10-14(6-7-15(16)13-4-2-1-3-5-13)19(8-9-19)12-25-18(24)22-11-17(21)23/h1-7,10H,8-9,11-12H2,(H2,21,23)(H,22,24). The van der Waals surface area contributed by atoms with E-state index in [1.54, 1.807) is 6.07 Å². The molecule has 0 aromatic heterocycles. The summed E-state index contributed by atoms with van der Waals surface area (Å²) in [7, 11) is 0. The summed E-state index contributed by atoms with van der Waals surface area (Å²) in [5, 5.41) is 2.27. The maximum atomic E-state index is 14.5. The molecule has 0 spiro atoms. The maximum Gasteiger partial charge on any atom is 0.407 e. The summed E-state index contributed by atoms with van der Waals surface area (Å²) in [6.07, 6.45) is 0.937. The van der Waals surface area contributed by atoms with Gasteiger partial charge in [-0.05, 0) is 30.0 Å². The highest BCUT2D eigenvalue weighted by atomic mass is 19.1. The van der Waals surface area contributed by atoms with Crippen LogP contribution in [0.25, 0.3) is 11.1 Å². The molecule has 2 aromatic carbocycles. The Morgan fingerprint density at radius 3 is 2.48 bits per heavy atom. The Bertz CT molecular complexity index is 789. The van der Waals surface area contributed by atoms with Crippen LogP contribution in [0.4, 0.5) is 9.18 Å². The number of carbonyl (C=O) groups excluding carboxylic acids is 2. The van der Waals surface area contributed by atoms with Gasteiger partial charge in [0.15, 0.2) is 0 Å². The molecule has 3 rings (SSSR count). The molecular formula is C19H19FN2O3. The summed E-state index contributed by atoms with van der Waals surface area (Å²) < 4.78 is 19.7. The summed E-state index contributed by atoms with van der Waals surface area (Å²) in [6.45, 7) is -0.131. The predicted octanol–water partition coefficient (Wildman–Crippen LogP) is 2.74. The van der Waals surface area contributed by atoms with Crippen LogP contribution in [0.2, 0.25) is 0 Å². The molecule has 1 saturated carbocycles. The molecule has 6 heteroatoms. The maximum absolute atomic E-state index is 14.5. The van der Waals surface area contributed by atoms with Crippen LogP contribution in [0.5, 0.6) is 0 Å². The van der Waals surface area contributed by atoms with Gasteiger partial charge < -0.3 is 15.8 Å². The zero-order valence-corrected chi connectivity index (χ0v) is 13.6. The van der Waals surface area contributed by atoms with E-state index in [4.69, 9.17) is 10.5 Å². The third-order valence-corrected chi connectivity index (χ3v) is 4.41. The van der Waals surface area contributed by atoms with Gasteiger partial charge in [-0.2, -0.15) is 0 Å². The van der Waals surface area contributed by atoms with Gasteiger partial charge in [-0.3, -0.25) is 4.79 Å². The van der Waals surface area contributed by atoms with E-state index < -0.39 is 12.0 Å². The van der Waals surface area contributed by atoms with Gasteiger partial charge in [0, 0.05) is 11.0 Å². The Labute approximate surface area is 145 Å². The van der Waals surface area contributed by atoms with Gasteiger partial charge >= 0.3 is 6.09 Å². The van der Waals surface area contributed by atoms with Crippen molar-refractivity contribution in [3.8, 4) is 11.1 Å². The van der Waals surface area contributed by atoms with Crippen molar-refractivity contribution in [2.75, 3.05) is 13.2 Å². The number of carbonyl (C=O) groups is 2. The van der Waals surface area contributed by atoms with E-state index in [-0.39, 0.29) is 24.4 Å². The van der Waals surface area contributed by atoms with Gasteiger partial charge in [0.25, 0.3) is 0 Å². The van der Waals surface area contributed by atoms with E-state index in [1.807, 2.05) is 36.4 Å². The number of primary amides is 1. The number of halogens is 1. The molecule has 0 atom stereocenters. The number of hydrogen-bond acceptors (Lipinski definition) is 3. The molecule has 1 fully saturated rings. The fourth-order valence-electron chi connectivity index (χ4n) is 2.78. The number of nitrogens with one attached hydrogen (secondary N) is 1. The molecule has 2 amide bonds. The van der Waals surface area contributed by atoms with Crippen molar-refractivity contribution in [2.24, 2.45) is 5.73 Å². The largest absolute Gasteiger partial charge is 0.449 e. The van der Waals surface area contributed by atoms with Gasteiger partial charge in [-0.15, -0.1) is 0 Å². The van der Waals surface area contributed by atoms with Crippen LogP contribution < -0.4 is 11.1 Å². The van der Waals surface area contributed by atoms with Crippen LogP contribution in [0.1, 0.15) is 18.4 Å². The zero-order valence-electron chi connectivity index (χ0n) is 13.6. The van der Waals surface area contributed by atoms with Crippen LogP contribution in [0, 0.1) is 5.82 Å². The summed E-state index contributed by atoms with van der Waals surface area (Å²) in [4.78, 5) is 22.2. The molecule has 0 unspecified atom stereocenters. The summed E-state index contributed by atoms with van der Waals surface area (Å²) >= 11 is 0. The lowest BCUT2D eigenvalue weighted by atomic mass is 9.94. The number of alkyl carbamates (subject to hydrolysis) is 1. The second-order valence-electron chi connectivity index (χ2n) is 6.24. The van der Waals surface area contributed by atoms with Crippen molar-refractivity contribution in [3.05, 3.63) is 59.9 Å². The Kier molecular flexibility index (Phi) is 4.70. The van der Waals surface area contributed by atoms with Crippen LogP contribution in [0.3, 0.4) is 0 Å². The zero-order chi connectivity index (χ0) is 17.9. The van der Waals surface area contributed by atoms with Gasteiger partial charge in [0.2, 0.25) is 5.91 Å². The molecule has 1 aliphatic rings. The van der Waals surface area contributed by atoms with E-state index in [0.717, 1.165) is 24.0 Å². The van der Waals surface area contributed by atoms with Crippen molar-refractivity contribution in [2.45, 2.75) is 18.3 Å². The predicted molar refractivity (Wildman–Crippen MR) is 91.3 cm³/mol. The number of rotatable bonds is 6. The molecule has 0 heterocycles. The Hall–Kier alpha value is -2.89. The lowest BCUT2D eigenvalue weighted by Crippen LogP contribution is -2.35. The molecular weight excluding hydrogens is 323 g/mol. The Morgan fingerprint density at radius 2 is 1.88 bits per heavy atom. The second-order valence-corrected chi connectivity index (χ2v) is 6.24. The Morgan fingerprint density at radius 1 is 1.16 bits per heavy atom. The van der Waals surface area contributed by atoms with E-state index in [0.29, 0.717) is 5.56 Å². The van der Waals surface area contributed by atoms with Crippen LogP contribution in [0.15, 0.2) is 48.5 Å². The third kappa shape index (κ3) is 3.96. The first-order chi connectivity index (χ1) is 12.0. The second kappa shape index (κ2) is 6.93. The van der Waals surface area contributed by atoms with Crippen LogP contribution in [-0.4, -0.2) is 25.2 Å². The highest BCUT2D eigenvalue weighted by molar-refractivity contribution is 5.80. The quantitative estimate of drug-likeness (QED) is 0.847. The molecule has 1 aliphatic carbocycles. The normalized spacial score (nSPS) is 14.6. The average Bonchev–Trinajstić information content (AvgIpc) is 3.40. The number of amides is 2. The first-order valence-electron chi connectivity index (χ1n) is 8.05. The molecule has 5 nitrogen and oxygen atoms in total. The fraction of sp³-hybridized carbons (Fsp3) is 0.263. The van der Waals surface area contributed by atoms with Crippen molar-refractivity contribution in [1.29, 1.82) is 0 Å². The van der Waals surface area contributed by atoms with Crippen molar-refractivity contribution in [3.63, 3.8) is 0 Å². The SMILES string of the molecule is NC(=O)CNC(=O)OCC1(c2ccc(-c3ccccc3)c(F)c2)CC1. The minimum Gasteiger partial charge on any atom is -0.449 e. The van der Waals surface area contributed by atoms with E-state index in [9.17, 15) is 14.0 Å². The molecule has 0 bridgehead atoms.